The number of hydrogen-bond donors (Lipinski definition) is 1. The van der Waals surface area contributed by atoms with E-state index in [-0.39, 0.29) is 5.78 Å². The monoisotopic (exact) mass is 303 g/mol. The molecule has 2 aromatic rings. The predicted octanol–water partition coefficient (Wildman–Crippen LogP) is 2.67. The zero-order chi connectivity index (χ0) is 13.0. The van der Waals surface area contributed by atoms with Crippen LogP contribution in [0.2, 0.25) is 0 Å². The zero-order valence-corrected chi connectivity index (χ0v) is 11.2. The van der Waals surface area contributed by atoms with E-state index in [0.717, 1.165) is 4.47 Å². The van der Waals surface area contributed by atoms with Gasteiger partial charge in [-0.2, -0.15) is 4.57 Å². The molecule has 0 unspecified atom stereocenters. The third-order valence-corrected chi connectivity index (χ3v) is 2.88. The lowest BCUT2D eigenvalue weighted by Crippen LogP contribution is -2.24. The van der Waals surface area contributed by atoms with Crippen molar-refractivity contribution >= 4 is 33.6 Å². The van der Waals surface area contributed by atoms with Gasteiger partial charge >= 0.3 is 0 Å². The molecule has 0 saturated heterocycles. The van der Waals surface area contributed by atoms with Crippen LogP contribution in [0, 0.1) is 0 Å². The van der Waals surface area contributed by atoms with Gasteiger partial charge in [-0.3, -0.25) is 4.79 Å². The predicted molar refractivity (Wildman–Crippen MR) is 74.9 cm³/mol. The average Bonchev–Trinajstić information content (AvgIpc) is 2.38. The summed E-state index contributed by atoms with van der Waals surface area (Å²) in [4.78, 5) is 11.9. The lowest BCUT2D eigenvalue weighted by Gasteiger charge is -1.95. The van der Waals surface area contributed by atoms with Crippen molar-refractivity contribution in [3.05, 3.63) is 64.9 Å². The molecule has 18 heavy (non-hydrogen) atoms. The number of hydrogen-bond acceptors (Lipinski definition) is 2. The molecule has 1 aromatic carbocycles. The van der Waals surface area contributed by atoms with Crippen molar-refractivity contribution in [1.29, 1.82) is 0 Å². The summed E-state index contributed by atoms with van der Waals surface area (Å²) in [6.45, 7) is 0. The van der Waals surface area contributed by atoms with Gasteiger partial charge in [-0.15, -0.1) is 0 Å². The number of ketones is 1. The van der Waals surface area contributed by atoms with Gasteiger partial charge in [0.1, 0.15) is 0 Å². The summed E-state index contributed by atoms with van der Waals surface area (Å²) in [6.07, 6.45) is 6.81. The quantitative estimate of drug-likeness (QED) is 0.538. The molecule has 4 heteroatoms. The van der Waals surface area contributed by atoms with Crippen molar-refractivity contribution in [1.82, 2.24) is 0 Å². The molecule has 3 nitrogen and oxygen atoms in total. The minimum atomic E-state index is -0.0411. The topological polar surface area (TPSA) is 47.0 Å². The van der Waals surface area contributed by atoms with Crippen molar-refractivity contribution in [3.63, 3.8) is 0 Å². The molecule has 0 aliphatic heterocycles. The molecule has 1 heterocycles. The van der Waals surface area contributed by atoms with E-state index >= 15 is 0 Å². The summed E-state index contributed by atoms with van der Waals surface area (Å²) in [5.41, 5.74) is 6.92. The lowest BCUT2D eigenvalue weighted by atomic mass is 10.1. The van der Waals surface area contributed by atoms with E-state index in [2.05, 4.69) is 15.9 Å². The van der Waals surface area contributed by atoms with E-state index in [9.17, 15) is 4.79 Å². The number of aromatic nitrogens is 1. The highest BCUT2D eigenvalue weighted by atomic mass is 79.9. The van der Waals surface area contributed by atoms with Gasteiger partial charge in [-0.25, -0.2) is 0 Å². The molecule has 0 bridgehead atoms. The molecule has 1 aromatic heterocycles. The second-order valence-electron chi connectivity index (χ2n) is 3.77. The molecule has 2 rings (SSSR count). The second-order valence-corrected chi connectivity index (χ2v) is 4.68. The van der Waals surface area contributed by atoms with E-state index in [0.29, 0.717) is 11.3 Å². The maximum atomic E-state index is 11.9. The molecule has 0 saturated carbocycles. The molecule has 0 spiro atoms. The van der Waals surface area contributed by atoms with Crippen LogP contribution in [0.3, 0.4) is 0 Å². The van der Waals surface area contributed by atoms with Gasteiger partial charge < -0.3 is 5.73 Å². The van der Waals surface area contributed by atoms with Gasteiger partial charge in [0.15, 0.2) is 24.4 Å². The van der Waals surface area contributed by atoms with E-state index in [4.69, 9.17) is 5.73 Å². The van der Waals surface area contributed by atoms with Crippen molar-refractivity contribution in [2.45, 2.75) is 0 Å². The minimum Gasteiger partial charge on any atom is -0.398 e. The van der Waals surface area contributed by atoms with Crippen LogP contribution in [-0.2, 0) is 0 Å². The van der Waals surface area contributed by atoms with Crippen LogP contribution in [0.1, 0.15) is 10.4 Å². The Hall–Kier alpha value is -1.94. The highest BCUT2D eigenvalue weighted by molar-refractivity contribution is 9.10. The maximum Gasteiger partial charge on any atom is 0.191 e. The number of anilines is 1. The number of carbonyl (C=O) groups is 1. The maximum absolute atomic E-state index is 11.9. The fraction of sp³-hybridized carbons (Fsp3) is 0. The number of allylic oxidation sites excluding steroid dienone is 1. The summed E-state index contributed by atoms with van der Waals surface area (Å²) in [7, 11) is 0. The van der Waals surface area contributed by atoms with Crippen LogP contribution in [-0.4, -0.2) is 5.78 Å². The molecule has 0 aliphatic rings. The number of nitrogens with zero attached hydrogens (tertiary/aromatic N) is 1. The Morgan fingerprint density at radius 2 is 1.94 bits per heavy atom. The van der Waals surface area contributed by atoms with Gasteiger partial charge in [-0.1, -0.05) is 28.1 Å². The summed E-state index contributed by atoms with van der Waals surface area (Å²) in [5, 5.41) is 0. The lowest BCUT2D eigenvalue weighted by molar-refractivity contribution is -0.568. The molecule has 90 valence electrons. The van der Waals surface area contributed by atoms with Crippen LogP contribution in [0.4, 0.5) is 5.69 Å². The van der Waals surface area contributed by atoms with E-state index in [1.54, 1.807) is 47.4 Å². The standard InChI is InChI=1S/C14H11BrN2O/c15-12-3-1-2-11(10-12)14(18)6-9-17-7-4-13(16)5-8-17/h1-10,16H/p+1/b9-6+. The van der Waals surface area contributed by atoms with E-state index in [1.165, 1.54) is 6.08 Å². The van der Waals surface area contributed by atoms with Crippen molar-refractivity contribution < 1.29 is 9.36 Å². The number of pyridine rings is 1. The van der Waals surface area contributed by atoms with Gasteiger partial charge in [0.2, 0.25) is 0 Å². The molecule has 0 atom stereocenters. The Morgan fingerprint density at radius 1 is 1.22 bits per heavy atom. The molecule has 0 aliphatic carbocycles. The Bertz CT molecular complexity index is 591. The van der Waals surface area contributed by atoms with Crippen LogP contribution >= 0.6 is 15.9 Å². The number of halogens is 1. The van der Waals surface area contributed by atoms with E-state index < -0.39 is 0 Å². The van der Waals surface area contributed by atoms with Crippen LogP contribution in [0.5, 0.6) is 0 Å². The first kappa shape index (κ1) is 12.5. The van der Waals surface area contributed by atoms with Crippen molar-refractivity contribution in [2.75, 3.05) is 5.73 Å². The van der Waals surface area contributed by atoms with Crippen LogP contribution in [0.15, 0.2) is 59.3 Å². The van der Waals surface area contributed by atoms with Crippen LogP contribution < -0.4 is 10.3 Å². The van der Waals surface area contributed by atoms with Crippen molar-refractivity contribution in [3.8, 4) is 0 Å². The molecule has 0 radical (unpaired) electrons. The number of nitrogen functional groups attached to an aromatic ring is 1. The second kappa shape index (κ2) is 5.60. The Morgan fingerprint density at radius 3 is 2.61 bits per heavy atom. The fourth-order valence-corrected chi connectivity index (χ4v) is 1.84. The van der Waals surface area contributed by atoms with Crippen molar-refractivity contribution in [2.24, 2.45) is 0 Å². The number of rotatable bonds is 3. The third-order valence-electron chi connectivity index (χ3n) is 2.39. The highest BCUT2D eigenvalue weighted by Gasteiger charge is 2.03. The molecule has 0 amide bonds. The first-order valence-electron chi connectivity index (χ1n) is 5.39. The largest absolute Gasteiger partial charge is 0.398 e. The number of benzene rings is 1. The Kier molecular flexibility index (Phi) is 3.89. The highest BCUT2D eigenvalue weighted by Crippen LogP contribution is 2.12. The summed E-state index contributed by atoms with van der Waals surface area (Å²) >= 11 is 3.34. The molecular weight excluding hydrogens is 292 g/mol. The smallest absolute Gasteiger partial charge is 0.191 e. The molecule has 0 fully saturated rings. The summed E-state index contributed by atoms with van der Waals surface area (Å²) in [6, 6.07) is 10.8. The Labute approximate surface area is 114 Å². The molecule has 2 N–H and O–H groups in total. The number of nitrogens with two attached hydrogens (primary N) is 1. The third kappa shape index (κ3) is 3.28. The molecular formula is C14H12BrN2O+. The SMILES string of the molecule is Nc1cc[n+](/C=C/C(=O)c2cccc(Br)c2)cc1. The minimum absolute atomic E-state index is 0.0411. The van der Waals surface area contributed by atoms with Gasteiger partial charge in [0.05, 0.1) is 6.08 Å². The van der Waals surface area contributed by atoms with E-state index in [1.807, 2.05) is 12.1 Å². The summed E-state index contributed by atoms with van der Waals surface area (Å²) in [5.74, 6) is -0.0411. The first-order valence-corrected chi connectivity index (χ1v) is 6.19. The van der Waals surface area contributed by atoms with Crippen LogP contribution in [0.25, 0.3) is 6.20 Å². The normalized spacial score (nSPS) is 10.7. The van der Waals surface area contributed by atoms with Gasteiger partial charge in [0.25, 0.3) is 0 Å². The summed E-state index contributed by atoms with van der Waals surface area (Å²) < 4.78 is 2.66. The fourth-order valence-electron chi connectivity index (χ4n) is 1.44. The zero-order valence-electron chi connectivity index (χ0n) is 9.58. The average molecular weight is 304 g/mol. The van der Waals surface area contributed by atoms with Gasteiger partial charge in [-0.05, 0) is 12.1 Å². The number of carbonyl (C=O) groups excluding carboxylic acids is 1. The first-order chi connectivity index (χ1) is 8.65. The Balaban J connectivity index is 2.14. The van der Waals surface area contributed by atoms with Gasteiger partial charge in [0, 0.05) is 27.9 Å².